The highest BCUT2D eigenvalue weighted by Crippen LogP contribution is 2.29. The van der Waals surface area contributed by atoms with Gasteiger partial charge in [-0.2, -0.15) is 0 Å². The Morgan fingerprint density at radius 3 is 2.46 bits per heavy atom. The van der Waals surface area contributed by atoms with Gasteiger partial charge in [0.25, 0.3) is 0 Å². The van der Waals surface area contributed by atoms with Gasteiger partial charge in [-0.05, 0) is 18.8 Å². The van der Waals surface area contributed by atoms with E-state index in [-0.39, 0.29) is 11.8 Å². The average Bonchev–Trinajstić information content (AvgIpc) is 2.18. The van der Waals surface area contributed by atoms with Crippen LogP contribution in [0.2, 0.25) is 0 Å². The summed E-state index contributed by atoms with van der Waals surface area (Å²) in [4.78, 5) is 11.5. The molecule has 1 rings (SSSR count). The van der Waals surface area contributed by atoms with Gasteiger partial charge in [-0.25, -0.2) is 5.43 Å². The zero-order chi connectivity index (χ0) is 9.68. The fourth-order valence-electron chi connectivity index (χ4n) is 2.09. The van der Waals surface area contributed by atoms with Crippen molar-refractivity contribution in [3.8, 4) is 0 Å². The van der Waals surface area contributed by atoms with Crippen molar-refractivity contribution < 1.29 is 4.79 Å². The molecule has 3 heteroatoms. The molecule has 0 aromatic rings. The summed E-state index contributed by atoms with van der Waals surface area (Å²) in [5.74, 6) is 0.893. The molecular formula is C10H20N2O. The minimum Gasteiger partial charge on any atom is -0.292 e. The molecule has 1 aliphatic carbocycles. The molecule has 0 saturated heterocycles. The lowest BCUT2D eigenvalue weighted by atomic mass is 9.80. The van der Waals surface area contributed by atoms with E-state index in [2.05, 4.69) is 10.9 Å². The second-order valence-electron chi connectivity index (χ2n) is 3.93. The van der Waals surface area contributed by atoms with E-state index < -0.39 is 0 Å². The molecule has 0 radical (unpaired) electrons. The monoisotopic (exact) mass is 184 g/mol. The van der Waals surface area contributed by atoms with Gasteiger partial charge in [0.2, 0.25) is 5.91 Å². The van der Waals surface area contributed by atoms with Crippen molar-refractivity contribution in [2.75, 3.05) is 7.05 Å². The minimum absolute atomic E-state index is 0.134. The topological polar surface area (TPSA) is 41.1 Å². The van der Waals surface area contributed by atoms with Crippen LogP contribution in [0.3, 0.4) is 0 Å². The lowest BCUT2D eigenvalue weighted by Gasteiger charge is -2.26. The molecule has 1 amide bonds. The molecule has 0 heterocycles. The summed E-state index contributed by atoms with van der Waals surface area (Å²) in [6.45, 7) is 2.03. The van der Waals surface area contributed by atoms with Crippen molar-refractivity contribution in [2.45, 2.75) is 39.0 Å². The highest BCUT2D eigenvalue weighted by atomic mass is 16.2. The summed E-state index contributed by atoms with van der Waals surface area (Å²) >= 11 is 0. The summed E-state index contributed by atoms with van der Waals surface area (Å²) in [7, 11) is 1.73. The molecular weight excluding hydrogens is 164 g/mol. The first kappa shape index (κ1) is 10.5. The quantitative estimate of drug-likeness (QED) is 0.652. The van der Waals surface area contributed by atoms with Gasteiger partial charge in [0.1, 0.15) is 0 Å². The Bertz CT molecular complexity index is 164. The summed E-state index contributed by atoms with van der Waals surface area (Å²) in [6.07, 6.45) is 6.37. The first-order valence-corrected chi connectivity index (χ1v) is 5.22. The van der Waals surface area contributed by atoms with Gasteiger partial charge in [0.05, 0.1) is 0 Å². The van der Waals surface area contributed by atoms with Crippen LogP contribution < -0.4 is 10.9 Å². The van der Waals surface area contributed by atoms with E-state index in [4.69, 9.17) is 0 Å². The Morgan fingerprint density at radius 2 is 1.92 bits per heavy atom. The van der Waals surface area contributed by atoms with Crippen molar-refractivity contribution in [3.05, 3.63) is 0 Å². The van der Waals surface area contributed by atoms with Crippen LogP contribution in [0, 0.1) is 11.8 Å². The lowest BCUT2D eigenvalue weighted by molar-refractivity contribution is -0.127. The second-order valence-corrected chi connectivity index (χ2v) is 3.93. The Balaban J connectivity index is 2.35. The lowest BCUT2D eigenvalue weighted by Crippen LogP contribution is -2.40. The van der Waals surface area contributed by atoms with Crippen molar-refractivity contribution in [1.29, 1.82) is 0 Å². The van der Waals surface area contributed by atoms with Crippen LogP contribution >= 0.6 is 0 Å². The van der Waals surface area contributed by atoms with Gasteiger partial charge in [-0.15, -0.1) is 0 Å². The number of amides is 1. The molecule has 0 aromatic carbocycles. The molecule has 0 bridgehead atoms. The molecule has 1 unspecified atom stereocenters. The van der Waals surface area contributed by atoms with Crippen LogP contribution in [0.4, 0.5) is 0 Å². The maximum atomic E-state index is 11.5. The molecule has 13 heavy (non-hydrogen) atoms. The van der Waals surface area contributed by atoms with E-state index in [9.17, 15) is 4.79 Å². The summed E-state index contributed by atoms with van der Waals surface area (Å²) in [5, 5.41) is 0. The van der Waals surface area contributed by atoms with Crippen LogP contribution in [-0.4, -0.2) is 13.0 Å². The first-order chi connectivity index (χ1) is 6.25. The van der Waals surface area contributed by atoms with Crippen LogP contribution in [0.1, 0.15) is 39.0 Å². The van der Waals surface area contributed by atoms with Crippen LogP contribution in [0.5, 0.6) is 0 Å². The molecule has 2 N–H and O–H groups in total. The average molecular weight is 184 g/mol. The first-order valence-electron chi connectivity index (χ1n) is 5.22. The largest absolute Gasteiger partial charge is 0.292 e. The van der Waals surface area contributed by atoms with Gasteiger partial charge in [-0.3, -0.25) is 10.2 Å². The van der Waals surface area contributed by atoms with E-state index in [0.717, 1.165) is 0 Å². The van der Waals surface area contributed by atoms with E-state index in [1.165, 1.54) is 32.1 Å². The summed E-state index contributed by atoms with van der Waals surface area (Å²) in [5.41, 5.74) is 5.34. The zero-order valence-corrected chi connectivity index (χ0v) is 8.60. The Labute approximate surface area is 80.2 Å². The molecule has 1 aliphatic rings. The maximum absolute atomic E-state index is 11.5. The van der Waals surface area contributed by atoms with E-state index >= 15 is 0 Å². The highest BCUT2D eigenvalue weighted by molar-refractivity contribution is 5.78. The zero-order valence-electron chi connectivity index (χ0n) is 8.60. The third-order valence-corrected chi connectivity index (χ3v) is 3.02. The normalized spacial score (nSPS) is 21.1. The van der Waals surface area contributed by atoms with Crippen molar-refractivity contribution >= 4 is 5.91 Å². The predicted octanol–water partition coefficient (Wildman–Crippen LogP) is 1.45. The minimum atomic E-state index is 0.134. The summed E-state index contributed by atoms with van der Waals surface area (Å²) < 4.78 is 0. The van der Waals surface area contributed by atoms with Crippen LogP contribution in [0.25, 0.3) is 0 Å². The van der Waals surface area contributed by atoms with E-state index in [1.807, 2.05) is 6.92 Å². The highest BCUT2D eigenvalue weighted by Gasteiger charge is 2.24. The number of hydrazine groups is 1. The molecule has 0 aromatic heterocycles. The number of hydrogen-bond acceptors (Lipinski definition) is 2. The van der Waals surface area contributed by atoms with Gasteiger partial charge in [0, 0.05) is 13.0 Å². The van der Waals surface area contributed by atoms with Crippen LogP contribution in [0.15, 0.2) is 0 Å². The maximum Gasteiger partial charge on any atom is 0.237 e. The number of rotatable bonds is 3. The third-order valence-electron chi connectivity index (χ3n) is 3.02. The van der Waals surface area contributed by atoms with Crippen molar-refractivity contribution in [1.82, 2.24) is 10.9 Å². The smallest absolute Gasteiger partial charge is 0.237 e. The summed E-state index contributed by atoms with van der Waals surface area (Å²) in [6, 6.07) is 0. The van der Waals surface area contributed by atoms with Crippen LogP contribution in [-0.2, 0) is 4.79 Å². The molecule has 1 saturated carbocycles. The predicted molar refractivity (Wildman–Crippen MR) is 52.9 cm³/mol. The Kier molecular flexibility index (Phi) is 4.22. The number of carbonyl (C=O) groups excluding carboxylic acids is 1. The standard InChI is InChI=1S/C10H20N2O/c1-8(10(13)12-11-2)9-6-4-3-5-7-9/h8-9,11H,3-7H2,1-2H3,(H,12,13). The van der Waals surface area contributed by atoms with Gasteiger partial charge in [-0.1, -0.05) is 26.2 Å². The molecule has 76 valence electrons. The second kappa shape index (κ2) is 5.22. The SMILES string of the molecule is CNNC(=O)C(C)C1CCCCC1. The Morgan fingerprint density at radius 1 is 1.31 bits per heavy atom. The fraction of sp³-hybridized carbons (Fsp3) is 0.900. The molecule has 0 aliphatic heterocycles. The molecule has 3 nitrogen and oxygen atoms in total. The molecule has 1 atom stereocenters. The van der Waals surface area contributed by atoms with Crippen molar-refractivity contribution in [3.63, 3.8) is 0 Å². The van der Waals surface area contributed by atoms with Gasteiger partial charge in [0.15, 0.2) is 0 Å². The molecule has 1 fully saturated rings. The Hall–Kier alpha value is -0.570. The van der Waals surface area contributed by atoms with Crippen molar-refractivity contribution in [2.24, 2.45) is 11.8 Å². The number of nitrogens with one attached hydrogen (secondary N) is 2. The van der Waals surface area contributed by atoms with Gasteiger partial charge < -0.3 is 0 Å². The number of hydrogen-bond donors (Lipinski definition) is 2. The third kappa shape index (κ3) is 2.99. The van der Waals surface area contributed by atoms with Gasteiger partial charge >= 0.3 is 0 Å². The van der Waals surface area contributed by atoms with E-state index in [1.54, 1.807) is 7.05 Å². The van der Waals surface area contributed by atoms with E-state index in [0.29, 0.717) is 5.92 Å². The molecule has 0 spiro atoms. The number of carbonyl (C=O) groups is 1. The fourth-order valence-corrected chi connectivity index (χ4v) is 2.09.